The van der Waals surface area contributed by atoms with Crippen LogP contribution in [0.4, 0.5) is 4.39 Å². The minimum absolute atomic E-state index is 0.0748. The van der Waals surface area contributed by atoms with Gasteiger partial charge in [0.2, 0.25) is 11.8 Å². The van der Waals surface area contributed by atoms with Crippen molar-refractivity contribution >= 4 is 23.4 Å². The third-order valence-corrected chi connectivity index (χ3v) is 10.1. The lowest BCUT2D eigenvalue weighted by molar-refractivity contribution is -0.175. The highest BCUT2D eigenvalue weighted by molar-refractivity contribution is 6.21. The highest BCUT2D eigenvalue weighted by atomic mass is 35.5. The number of nitrogens with zero attached hydrogens (tertiary/aromatic N) is 2. The first-order valence-corrected chi connectivity index (χ1v) is 15.2. The molecular weight excluding hydrogens is 505 g/mol. The quantitative estimate of drug-likeness (QED) is 0.537. The number of ether oxygens (including phenoxy) is 1. The maximum absolute atomic E-state index is 16.7. The average Bonchev–Trinajstić information content (AvgIpc) is 2.90. The molecule has 1 aliphatic carbocycles. The molecule has 4 aliphatic rings. The number of amides is 2. The number of carbonyl (C=O) groups excluding carboxylic acids is 2. The zero-order valence-electron chi connectivity index (χ0n) is 22.7. The molecule has 4 atom stereocenters. The van der Waals surface area contributed by atoms with Gasteiger partial charge in [0.25, 0.3) is 0 Å². The minimum atomic E-state index is -1.32. The summed E-state index contributed by atoms with van der Waals surface area (Å²) in [6.45, 7) is 3.68. The number of hydrogen-bond donors (Lipinski definition) is 1. The van der Waals surface area contributed by atoms with Crippen LogP contribution >= 0.6 is 11.6 Å². The Morgan fingerprint density at radius 3 is 2.18 bits per heavy atom. The molecule has 5 rings (SSSR count). The Morgan fingerprint density at radius 2 is 1.61 bits per heavy atom. The predicted molar refractivity (Wildman–Crippen MR) is 146 cm³/mol. The van der Waals surface area contributed by atoms with Crippen LogP contribution in [-0.4, -0.2) is 71.7 Å². The zero-order chi connectivity index (χ0) is 26.7. The molecular formula is C30H43ClFN3O3. The lowest BCUT2D eigenvalue weighted by Gasteiger charge is -2.54. The van der Waals surface area contributed by atoms with E-state index >= 15 is 4.39 Å². The Balaban J connectivity index is 1.38. The molecule has 0 bridgehead atoms. The fourth-order valence-electron chi connectivity index (χ4n) is 6.96. The monoisotopic (exact) mass is 547 g/mol. The Morgan fingerprint density at radius 1 is 1.00 bits per heavy atom. The summed E-state index contributed by atoms with van der Waals surface area (Å²) < 4.78 is 22.2. The molecule has 0 aromatic heterocycles. The van der Waals surface area contributed by atoms with Gasteiger partial charge in [0.05, 0.1) is 18.6 Å². The summed E-state index contributed by atoms with van der Waals surface area (Å²) >= 11 is 6.88. The van der Waals surface area contributed by atoms with Crippen molar-refractivity contribution in [2.24, 2.45) is 11.3 Å². The van der Waals surface area contributed by atoms with E-state index in [1.165, 1.54) is 29.7 Å². The largest absolute Gasteiger partial charge is 0.380 e. The molecule has 1 aromatic carbocycles. The fourth-order valence-corrected chi connectivity index (χ4v) is 7.38. The summed E-state index contributed by atoms with van der Waals surface area (Å²) in [5, 5.41) is 2.91. The van der Waals surface area contributed by atoms with Crippen LogP contribution in [0.3, 0.4) is 0 Å². The van der Waals surface area contributed by atoms with E-state index in [1.807, 2.05) is 12.1 Å². The summed E-state index contributed by atoms with van der Waals surface area (Å²) in [5.74, 6) is -0.386. The van der Waals surface area contributed by atoms with Crippen LogP contribution in [0.1, 0.15) is 75.8 Å². The van der Waals surface area contributed by atoms with E-state index in [9.17, 15) is 9.59 Å². The van der Waals surface area contributed by atoms with Gasteiger partial charge in [0.15, 0.2) is 0 Å². The number of piperazine rings is 1. The number of rotatable bonds is 5. The van der Waals surface area contributed by atoms with Crippen molar-refractivity contribution in [2.75, 3.05) is 26.3 Å². The second-order valence-corrected chi connectivity index (χ2v) is 12.4. The number of aryl methyl sites for hydroxylation is 1. The lowest BCUT2D eigenvalue weighted by atomic mass is 9.68. The molecule has 2 amide bonds. The number of nitrogens with one attached hydrogen (secondary N) is 1. The zero-order valence-corrected chi connectivity index (χ0v) is 23.4. The third kappa shape index (κ3) is 5.48. The molecule has 210 valence electrons. The van der Waals surface area contributed by atoms with Crippen LogP contribution in [0.15, 0.2) is 24.3 Å². The Hall–Kier alpha value is -1.70. The van der Waals surface area contributed by atoms with E-state index in [0.717, 1.165) is 50.5 Å². The number of hydrogen-bond acceptors (Lipinski definition) is 4. The third-order valence-electron chi connectivity index (χ3n) is 9.47. The van der Waals surface area contributed by atoms with E-state index in [-0.39, 0.29) is 29.7 Å². The predicted octanol–water partition coefficient (Wildman–Crippen LogP) is 4.82. The van der Waals surface area contributed by atoms with Gasteiger partial charge in [-0.1, -0.05) is 76.1 Å². The topological polar surface area (TPSA) is 61.9 Å². The lowest BCUT2D eigenvalue weighted by Crippen LogP contribution is -2.73. The molecule has 4 unspecified atom stereocenters. The van der Waals surface area contributed by atoms with Gasteiger partial charge in [-0.05, 0) is 30.4 Å². The van der Waals surface area contributed by atoms with E-state index in [4.69, 9.17) is 16.3 Å². The van der Waals surface area contributed by atoms with Crippen molar-refractivity contribution in [3.8, 4) is 0 Å². The SMILES string of the molecule is CCc1ccc(CN2C(=O)CN(C3NCC(Cl)C4(CCCCCCCCC4)C3F)C(=O)C2C2COC2)cc1. The maximum atomic E-state index is 16.7. The smallest absolute Gasteiger partial charge is 0.247 e. The molecule has 8 heteroatoms. The van der Waals surface area contributed by atoms with Gasteiger partial charge in [0.1, 0.15) is 24.9 Å². The van der Waals surface area contributed by atoms with E-state index in [1.54, 1.807) is 4.90 Å². The van der Waals surface area contributed by atoms with Gasteiger partial charge >= 0.3 is 0 Å². The minimum Gasteiger partial charge on any atom is -0.380 e. The molecule has 3 heterocycles. The van der Waals surface area contributed by atoms with Crippen molar-refractivity contribution in [1.29, 1.82) is 0 Å². The van der Waals surface area contributed by atoms with Crippen molar-refractivity contribution in [1.82, 2.24) is 15.1 Å². The van der Waals surface area contributed by atoms with Crippen LogP contribution in [0, 0.1) is 11.3 Å². The molecule has 1 saturated carbocycles. The van der Waals surface area contributed by atoms with Crippen molar-refractivity contribution in [2.45, 2.75) is 101 Å². The van der Waals surface area contributed by atoms with Gasteiger partial charge in [0, 0.05) is 24.4 Å². The van der Waals surface area contributed by atoms with Crippen LogP contribution in [0.25, 0.3) is 0 Å². The molecule has 3 saturated heterocycles. The first kappa shape index (κ1) is 27.9. The van der Waals surface area contributed by atoms with E-state index in [2.05, 4.69) is 24.4 Å². The molecule has 4 fully saturated rings. The van der Waals surface area contributed by atoms with Gasteiger partial charge in [-0.2, -0.15) is 0 Å². The Kier molecular flexibility index (Phi) is 8.96. The van der Waals surface area contributed by atoms with Crippen LogP contribution < -0.4 is 5.32 Å². The Bertz CT molecular complexity index is 962. The first-order valence-electron chi connectivity index (χ1n) is 14.7. The highest BCUT2D eigenvalue weighted by Gasteiger charge is 2.56. The molecule has 1 spiro atoms. The maximum Gasteiger partial charge on any atom is 0.247 e. The molecule has 3 aliphatic heterocycles. The standard InChI is InChI=1S/C30H43ClFN3O3/c1-2-21-10-12-22(13-11-21)17-34-25(36)18-35(29(37)26(34)23-19-38-20-23)28-27(32)30(24(31)16-33-28)14-8-6-4-3-5-7-9-15-30/h10-13,23-24,26-28,33H,2-9,14-20H2,1H3. The fraction of sp³-hybridized carbons (Fsp3) is 0.733. The summed E-state index contributed by atoms with van der Waals surface area (Å²) in [6, 6.07) is 7.56. The summed E-state index contributed by atoms with van der Waals surface area (Å²) in [6.07, 6.45) is 7.97. The molecule has 6 nitrogen and oxygen atoms in total. The first-order chi connectivity index (χ1) is 18.4. The summed E-state index contributed by atoms with van der Waals surface area (Å²) in [5.41, 5.74) is 1.55. The normalized spacial score (nSPS) is 31.3. The summed E-state index contributed by atoms with van der Waals surface area (Å²) in [4.78, 5) is 30.9. The van der Waals surface area contributed by atoms with E-state index < -0.39 is 23.8 Å². The van der Waals surface area contributed by atoms with Gasteiger partial charge in [-0.3, -0.25) is 14.9 Å². The second kappa shape index (κ2) is 12.2. The van der Waals surface area contributed by atoms with Gasteiger partial charge in [-0.15, -0.1) is 11.6 Å². The van der Waals surface area contributed by atoms with Crippen molar-refractivity contribution in [3.63, 3.8) is 0 Å². The summed E-state index contributed by atoms with van der Waals surface area (Å²) in [7, 11) is 0. The van der Waals surface area contributed by atoms with Crippen LogP contribution in [0.2, 0.25) is 0 Å². The van der Waals surface area contributed by atoms with Crippen LogP contribution in [0.5, 0.6) is 0 Å². The highest BCUT2D eigenvalue weighted by Crippen LogP contribution is 2.47. The number of benzene rings is 1. The van der Waals surface area contributed by atoms with E-state index in [0.29, 0.717) is 26.3 Å². The average molecular weight is 548 g/mol. The number of piperidine rings is 1. The molecule has 1 N–H and O–H groups in total. The number of carbonyl (C=O) groups is 2. The second-order valence-electron chi connectivity index (χ2n) is 11.8. The van der Waals surface area contributed by atoms with Gasteiger partial charge < -0.3 is 14.5 Å². The molecule has 0 radical (unpaired) electrons. The van der Waals surface area contributed by atoms with Crippen LogP contribution in [-0.2, 0) is 27.3 Å². The molecule has 38 heavy (non-hydrogen) atoms. The Labute approximate surface area is 231 Å². The van der Waals surface area contributed by atoms with Crippen molar-refractivity contribution in [3.05, 3.63) is 35.4 Å². The molecule has 1 aromatic rings. The van der Waals surface area contributed by atoms with Gasteiger partial charge in [-0.25, -0.2) is 4.39 Å². The number of halogens is 2. The number of alkyl halides is 2. The van der Waals surface area contributed by atoms with Crippen molar-refractivity contribution < 1.29 is 18.7 Å².